The predicted octanol–water partition coefficient (Wildman–Crippen LogP) is 2.06. The van der Waals surface area contributed by atoms with Gasteiger partial charge in [0.15, 0.2) is 0 Å². The van der Waals surface area contributed by atoms with Crippen molar-refractivity contribution in [2.24, 2.45) is 0 Å². The summed E-state index contributed by atoms with van der Waals surface area (Å²) in [7, 11) is 0. The fourth-order valence-electron chi connectivity index (χ4n) is 2.60. The largest absolute Gasteiger partial charge is 0.478 e. The zero-order valence-electron chi connectivity index (χ0n) is 13.3. The van der Waals surface area contributed by atoms with Crippen molar-refractivity contribution in [2.45, 2.75) is 45.4 Å². The maximum Gasteiger partial charge on any atom is 0.205 e. The number of hydrazine groups is 1. The summed E-state index contributed by atoms with van der Waals surface area (Å²) in [6.07, 6.45) is 11.9. The van der Waals surface area contributed by atoms with Crippen LogP contribution in [-0.4, -0.2) is 37.7 Å². The minimum absolute atomic E-state index is 0.795. The van der Waals surface area contributed by atoms with E-state index in [1.54, 1.807) is 0 Å². The molecule has 2 heterocycles. The van der Waals surface area contributed by atoms with Gasteiger partial charge in [-0.05, 0) is 12.5 Å². The lowest BCUT2D eigenvalue weighted by molar-refractivity contribution is 0.169. The number of ether oxygens (including phenoxy) is 1. The Balaban J connectivity index is 1.59. The number of hydrogen-bond acceptors (Lipinski definition) is 5. The van der Waals surface area contributed by atoms with E-state index in [-0.39, 0.29) is 0 Å². The van der Waals surface area contributed by atoms with E-state index >= 15 is 0 Å². The molecule has 120 valence electrons. The second kappa shape index (κ2) is 9.55. The predicted molar refractivity (Wildman–Crippen MR) is 86.2 cm³/mol. The highest BCUT2D eigenvalue weighted by atomic mass is 16.5. The van der Waals surface area contributed by atoms with E-state index in [4.69, 9.17) is 4.74 Å². The maximum absolute atomic E-state index is 5.74. The van der Waals surface area contributed by atoms with Crippen molar-refractivity contribution in [3.05, 3.63) is 23.9 Å². The van der Waals surface area contributed by atoms with Crippen LogP contribution in [0.5, 0.6) is 0 Å². The van der Waals surface area contributed by atoms with Crippen LogP contribution in [0.1, 0.15) is 45.4 Å². The fourth-order valence-corrected chi connectivity index (χ4v) is 2.60. The molecule has 0 aromatic carbocycles. The second-order valence-corrected chi connectivity index (χ2v) is 5.69. The fraction of sp³-hybridized carbons (Fsp3) is 0.750. The van der Waals surface area contributed by atoms with Crippen LogP contribution >= 0.6 is 0 Å². The van der Waals surface area contributed by atoms with Crippen molar-refractivity contribution in [1.29, 1.82) is 0 Å². The Hall–Kier alpha value is -1.36. The molecule has 2 aliphatic rings. The lowest BCUT2D eigenvalue weighted by Crippen LogP contribution is -2.49. The van der Waals surface area contributed by atoms with Gasteiger partial charge in [-0.1, -0.05) is 39.0 Å². The molecule has 0 aromatic rings. The first-order valence-electron chi connectivity index (χ1n) is 8.42. The highest BCUT2D eigenvalue weighted by molar-refractivity contribution is 5.17. The van der Waals surface area contributed by atoms with Crippen molar-refractivity contribution >= 4 is 0 Å². The second-order valence-electron chi connectivity index (χ2n) is 5.69. The highest BCUT2D eigenvalue weighted by Gasteiger charge is 2.14. The Kier molecular flexibility index (Phi) is 7.29. The van der Waals surface area contributed by atoms with Crippen LogP contribution < -0.4 is 16.2 Å². The van der Waals surface area contributed by atoms with Crippen molar-refractivity contribution in [3.63, 3.8) is 0 Å². The molecule has 0 aliphatic carbocycles. The van der Waals surface area contributed by atoms with Gasteiger partial charge in [0, 0.05) is 32.3 Å². The van der Waals surface area contributed by atoms with E-state index in [1.165, 1.54) is 32.1 Å². The molecular weight excluding hydrogens is 264 g/mol. The lowest BCUT2D eigenvalue weighted by Gasteiger charge is -2.33. The number of nitrogens with one attached hydrogen (secondary N) is 3. The van der Waals surface area contributed by atoms with Gasteiger partial charge >= 0.3 is 0 Å². The number of allylic oxidation sites excluding steroid dienone is 2. The number of rotatable bonds is 9. The average Bonchev–Trinajstić information content (AvgIpc) is 2.55. The van der Waals surface area contributed by atoms with Gasteiger partial charge in [-0.15, -0.1) is 0 Å². The first kappa shape index (κ1) is 16.0. The van der Waals surface area contributed by atoms with Crippen LogP contribution in [0.25, 0.3) is 0 Å². The molecule has 0 aromatic heterocycles. The molecule has 1 fully saturated rings. The summed E-state index contributed by atoms with van der Waals surface area (Å²) in [6.45, 7) is 7.22. The summed E-state index contributed by atoms with van der Waals surface area (Å²) in [5.41, 5.74) is 6.36. The number of hydrogen-bond donors (Lipinski definition) is 3. The average molecular weight is 294 g/mol. The zero-order valence-corrected chi connectivity index (χ0v) is 13.3. The lowest BCUT2D eigenvalue weighted by atomic mass is 10.1. The van der Waals surface area contributed by atoms with Crippen LogP contribution in [0.2, 0.25) is 0 Å². The minimum atomic E-state index is 0.795. The highest BCUT2D eigenvalue weighted by Crippen LogP contribution is 2.09. The summed E-state index contributed by atoms with van der Waals surface area (Å²) >= 11 is 0. The Labute approximate surface area is 128 Å². The van der Waals surface area contributed by atoms with Gasteiger partial charge in [0.1, 0.15) is 5.82 Å². The molecular formula is C16H30N4O. The summed E-state index contributed by atoms with van der Waals surface area (Å²) in [5.74, 6) is 1.95. The molecule has 2 aliphatic heterocycles. The third kappa shape index (κ3) is 5.87. The molecule has 0 saturated carbocycles. The van der Waals surface area contributed by atoms with Crippen LogP contribution in [0, 0.1) is 0 Å². The molecule has 5 nitrogen and oxygen atoms in total. The van der Waals surface area contributed by atoms with Gasteiger partial charge in [0.05, 0.1) is 6.61 Å². The zero-order chi connectivity index (χ0) is 14.8. The van der Waals surface area contributed by atoms with E-state index < -0.39 is 0 Å². The molecule has 0 spiro atoms. The van der Waals surface area contributed by atoms with E-state index in [0.717, 1.165) is 50.9 Å². The SMILES string of the molecule is CCCCCCCCOC1=CC=C(N2CCNCC2)NN1. The van der Waals surface area contributed by atoms with E-state index in [9.17, 15) is 0 Å². The first-order valence-corrected chi connectivity index (χ1v) is 8.42. The molecule has 21 heavy (non-hydrogen) atoms. The quantitative estimate of drug-likeness (QED) is 0.568. The summed E-state index contributed by atoms with van der Waals surface area (Å²) in [4.78, 5) is 2.34. The summed E-state index contributed by atoms with van der Waals surface area (Å²) < 4.78 is 5.74. The smallest absolute Gasteiger partial charge is 0.205 e. The van der Waals surface area contributed by atoms with Crippen molar-refractivity contribution in [2.75, 3.05) is 32.8 Å². The van der Waals surface area contributed by atoms with Crippen LogP contribution in [0.4, 0.5) is 0 Å². The molecule has 0 radical (unpaired) electrons. The van der Waals surface area contributed by atoms with Gasteiger partial charge in [-0.25, -0.2) is 0 Å². The Morgan fingerprint density at radius 2 is 1.76 bits per heavy atom. The van der Waals surface area contributed by atoms with Crippen molar-refractivity contribution < 1.29 is 4.74 Å². The molecule has 5 heteroatoms. The van der Waals surface area contributed by atoms with Crippen LogP contribution in [0.15, 0.2) is 23.9 Å². The summed E-state index contributed by atoms with van der Waals surface area (Å²) in [5, 5.41) is 3.36. The Morgan fingerprint density at radius 1 is 1.00 bits per heavy atom. The molecule has 2 rings (SSSR count). The molecule has 0 bridgehead atoms. The Morgan fingerprint density at radius 3 is 2.48 bits per heavy atom. The Bertz CT molecular complexity index is 348. The molecule has 3 N–H and O–H groups in total. The molecule has 1 saturated heterocycles. The molecule has 0 atom stereocenters. The third-order valence-corrected chi connectivity index (χ3v) is 3.92. The normalized spacial score (nSPS) is 18.4. The number of nitrogens with zero attached hydrogens (tertiary/aromatic N) is 1. The molecule has 0 unspecified atom stereocenters. The number of unbranched alkanes of at least 4 members (excludes halogenated alkanes) is 5. The number of piperazine rings is 1. The van der Waals surface area contributed by atoms with Crippen LogP contribution in [0.3, 0.4) is 0 Å². The van der Waals surface area contributed by atoms with Crippen molar-refractivity contribution in [3.8, 4) is 0 Å². The van der Waals surface area contributed by atoms with Gasteiger partial charge in [0.2, 0.25) is 5.88 Å². The van der Waals surface area contributed by atoms with Gasteiger partial charge < -0.3 is 15.0 Å². The van der Waals surface area contributed by atoms with E-state index in [2.05, 4.69) is 34.1 Å². The van der Waals surface area contributed by atoms with Gasteiger partial charge in [-0.2, -0.15) is 0 Å². The maximum atomic E-state index is 5.74. The molecule has 0 amide bonds. The standard InChI is InChI=1S/C16H30N4O/c1-2-3-4-5-6-7-14-21-16-9-8-15(18-19-16)20-12-10-17-11-13-20/h8-9,17-19H,2-7,10-14H2,1H3. The van der Waals surface area contributed by atoms with Gasteiger partial charge in [-0.3, -0.25) is 10.9 Å². The summed E-state index contributed by atoms with van der Waals surface area (Å²) in [6, 6.07) is 0. The van der Waals surface area contributed by atoms with Crippen molar-refractivity contribution in [1.82, 2.24) is 21.1 Å². The van der Waals surface area contributed by atoms with Gasteiger partial charge in [0.25, 0.3) is 0 Å². The van der Waals surface area contributed by atoms with E-state index in [0.29, 0.717) is 0 Å². The topological polar surface area (TPSA) is 48.6 Å². The minimum Gasteiger partial charge on any atom is -0.478 e. The first-order chi connectivity index (χ1) is 10.4. The monoisotopic (exact) mass is 294 g/mol. The van der Waals surface area contributed by atoms with E-state index in [1.807, 2.05) is 6.08 Å². The van der Waals surface area contributed by atoms with Crippen LogP contribution in [-0.2, 0) is 4.74 Å². The third-order valence-electron chi connectivity index (χ3n) is 3.92.